The second-order valence-electron chi connectivity index (χ2n) is 6.63. The van der Waals surface area contributed by atoms with E-state index in [0.717, 1.165) is 43.5 Å². The fourth-order valence-corrected chi connectivity index (χ4v) is 2.76. The minimum Gasteiger partial charge on any atom is -0.378 e. The average Bonchev–Trinajstić information content (AvgIpc) is 3.23. The van der Waals surface area contributed by atoms with Crippen LogP contribution >= 0.6 is 24.0 Å². The minimum atomic E-state index is 0. The predicted molar refractivity (Wildman–Crippen MR) is 112 cm³/mol. The van der Waals surface area contributed by atoms with Gasteiger partial charge in [0, 0.05) is 25.8 Å². The van der Waals surface area contributed by atoms with Crippen LogP contribution in [0, 0.1) is 0 Å². The second kappa shape index (κ2) is 12.5. The molecule has 0 bridgehead atoms. The smallest absolute Gasteiger partial charge is 0.191 e. The van der Waals surface area contributed by atoms with Gasteiger partial charge in [-0.05, 0) is 32.1 Å². The van der Waals surface area contributed by atoms with Gasteiger partial charge in [-0.25, -0.2) is 4.99 Å². The number of halogens is 1. The highest BCUT2D eigenvalue weighted by molar-refractivity contribution is 14.0. The highest BCUT2D eigenvalue weighted by Crippen LogP contribution is 2.20. The van der Waals surface area contributed by atoms with E-state index < -0.39 is 0 Å². The third-order valence-corrected chi connectivity index (χ3v) is 4.18. The highest BCUT2D eigenvalue weighted by atomic mass is 127. The topological polar surface area (TPSA) is 71.7 Å². The molecule has 1 saturated carbocycles. The van der Waals surface area contributed by atoms with Crippen molar-refractivity contribution in [1.29, 1.82) is 0 Å². The molecule has 1 heterocycles. The Morgan fingerprint density at radius 3 is 2.76 bits per heavy atom. The molecule has 6 nitrogen and oxygen atoms in total. The molecule has 1 aromatic heterocycles. The van der Waals surface area contributed by atoms with Gasteiger partial charge in [-0.3, -0.25) is 0 Å². The molecule has 1 fully saturated rings. The minimum absolute atomic E-state index is 0. The van der Waals surface area contributed by atoms with Crippen LogP contribution in [0.5, 0.6) is 0 Å². The summed E-state index contributed by atoms with van der Waals surface area (Å²) in [4.78, 5) is 4.55. The molecule has 0 saturated heterocycles. The third kappa shape index (κ3) is 8.40. The lowest BCUT2D eigenvalue weighted by Crippen LogP contribution is -2.38. The van der Waals surface area contributed by atoms with E-state index in [0.29, 0.717) is 18.6 Å². The zero-order chi connectivity index (χ0) is 17.2. The van der Waals surface area contributed by atoms with E-state index >= 15 is 0 Å². The van der Waals surface area contributed by atoms with Gasteiger partial charge in [-0.2, -0.15) is 0 Å². The van der Waals surface area contributed by atoms with E-state index in [2.05, 4.69) is 41.6 Å². The Kier molecular flexibility index (Phi) is 11.1. The number of ether oxygens (including phenoxy) is 1. The lowest BCUT2D eigenvalue weighted by molar-refractivity contribution is 0.0574. The van der Waals surface area contributed by atoms with E-state index in [9.17, 15) is 0 Å². The van der Waals surface area contributed by atoms with Crippen LogP contribution in [0.15, 0.2) is 15.6 Å². The number of hydrogen-bond acceptors (Lipinski definition) is 4. The number of aromatic nitrogens is 1. The van der Waals surface area contributed by atoms with Gasteiger partial charge in [0.2, 0.25) is 0 Å². The summed E-state index contributed by atoms with van der Waals surface area (Å²) < 4.78 is 11.2. The maximum atomic E-state index is 5.88. The Labute approximate surface area is 168 Å². The van der Waals surface area contributed by atoms with Crippen molar-refractivity contribution in [2.75, 3.05) is 19.7 Å². The number of nitrogens with one attached hydrogen (secondary N) is 2. The Hall–Kier alpha value is -0.830. The van der Waals surface area contributed by atoms with Gasteiger partial charge in [-0.1, -0.05) is 31.8 Å². The molecule has 0 atom stereocenters. The zero-order valence-electron chi connectivity index (χ0n) is 15.7. The van der Waals surface area contributed by atoms with Crippen LogP contribution in [0.2, 0.25) is 0 Å². The van der Waals surface area contributed by atoms with Crippen LogP contribution in [0.4, 0.5) is 0 Å². The van der Waals surface area contributed by atoms with Crippen molar-refractivity contribution in [2.24, 2.45) is 4.99 Å². The first kappa shape index (κ1) is 22.2. The van der Waals surface area contributed by atoms with Gasteiger partial charge in [0.1, 0.15) is 6.54 Å². The molecule has 7 heteroatoms. The summed E-state index contributed by atoms with van der Waals surface area (Å²) in [5, 5.41) is 10.7. The maximum Gasteiger partial charge on any atom is 0.191 e. The summed E-state index contributed by atoms with van der Waals surface area (Å²) in [6.07, 6.45) is 6.58. The van der Waals surface area contributed by atoms with Crippen molar-refractivity contribution in [2.45, 2.75) is 71.4 Å². The molecular formula is C18H33IN4O2. The monoisotopic (exact) mass is 464 g/mol. The van der Waals surface area contributed by atoms with Crippen LogP contribution in [-0.2, 0) is 11.3 Å². The summed E-state index contributed by atoms with van der Waals surface area (Å²) >= 11 is 0. The molecule has 144 valence electrons. The van der Waals surface area contributed by atoms with Crippen molar-refractivity contribution in [3.8, 4) is 0 Å². The van der Waals surface area contributed by atoms with E-state index in [1.165, 1.54) is 25.7 Å². The Balaban J connectivity index is 0.00000312. The Morgan fingerprint density at radius 2 is 2.12 bits per heavy atom. The molecule has 0 amide bonds. The molecule has 1 aromatic rings. The van der Waals surface area contributed by atoms with Gasteiger partial charge in [-0.15, -0.1) is 24.0 Å². The fraction of sp³-hybridized carbons (Fsp3) is 0.778. The largest absolute Gasteiger partial charge is 0.378 e. The van der Waals surface area contributed by atoms with E-state index in [-0.39, 0.29) is 24.0 Å². The van der Waals surface area contributed by atoms with E-state index in [1.807, 2.05) is 6.07 Å². The van der Waals surface area contributed by atoms with Crippen LogP contribution in [0.25, 0.3) is 0 Å². The molecule has 0 spiro atoms. The molecule has 0 radical (unpaired) electrons. The van der Waals surface area contributed by atoms with Crippen molar-refractivity contribution in [3.05, 3.63) is 17.5 Å². The molecule has 2 N–H and O–H groups in total. The summed E-state index contributed by atoms with van der Waals surface area (Å²) in [6, 6.07) is 1.98. The molecule has 0 aliphatic heterocycles. The van der Waals surface area contributed by atoms with Crippen LogP contribution in [0.1, 0.15) is 70.2 Å². The van der Waals surface area contributed by atoms with Gasteiger partial charge in [0.25, 0.3) is 0 Å². The number of nitrogens with zero attached hydrogens (tertiary/aromatic N) is 2. The zero-order valence-corrected chi connectivity index (χ0v) is 18.0. The summed E-state index contributed by atoms with van der Waals surface area (Å²) in [5.41, 5.74) is 0.974. The first-order chi connectivity index (χ1) is 11.7. The fourth-order valence-electron chi connectivity index (χ4n) is 2.76. The number of rotatable bonds is 9. The molecule has 25 heavy (non-hydrogen) atoms. The number of guanidine groups is 1. The molecular weight excluding hydrogens is 431 g/mol. The summed E-state index contributed by atoms with van der Waals surface area (Å²) in [6.45, 7) is 9.26. The van der Waals surface area contributed by atoms with Gasteiger partial charge in [0.15, 0.2) is 11.7 Å². The maximum absolute atomic E-state index is 5.88. The van der Waals surface area contributed by atoms with Crippen molar-refractivity contribution in [3.63, 3.8) is 0 Å². The lowest BCUT2D eigenvalue weighted by atomic mass is 10.1. The molecule has 1 aliphatic rings. The summed E-state index contributed by atoms with van der Waals surface area (Å²) in [7, 11) is 0. The lowest BCUT2D eigenvalue weighted by Gasteiger charge is -2.13. The highest BCUT2D eigenvalue weighted by Gasteiger charge is 2.14. The van der Waals surface area contributed by atoms with Gasteiger partial charge >= 0.3 is 0 Å². The second-order valence-corrected chi connectivity index (χ2v) is 6.63. The van der Waals surface area contributed by atoms with Crippen molar-refractivity contribution in [1.82, 2.24) is 15.8 Å². The average molecular weight is 464 g/mol. The van der Waals surface area contributed by atoms with Gasteiger partial charge in [0.05, 0.1) is 11.8 Å². The molecule has 1 aliphatic carbocycles. The van der Waals surface area contributed by atoms with E-state index in [1.54, 1.807) is 0 Å². The van der Waals surface area contributed by atoms with Crippen LogP contribution in [-0.4, -0.2) is 36.9 Å². The van der Waals surface area contributed by atoms with Crippen LogP contribution < -0.4 is 10.6 Å². The molecule has 0 unspecified atom stereocenters. The Morgan fingerprint density at radius 1 is 1.36 bits per heavy atom. The standard InChI is InChI=1S/C18H32N4O2.HI/c1-4-19-18(20-10-7-11-23-15-8-5-6-9-15)21-13-16-12-17(14(2)3)22-24-16;/h12,14-15H,4-11,13H2,1-3H3,(H2,19,20,21);1H. The molecule has 2 rings (SSSR count). The van der Waals surface area contributed by atoms with E-state index in [4.69, 9.17) is 9.26 Å². The summed E-state index contributed by atoms with van der Waals surface area (Å²) in [5.74, 6) is 1.97. The van der Waals surface area contributed by atoms with Crippen LogP contribution in [0.3, 0.4) is 0 Å². The van der Waals surface area contributed by atoms with Crippen molar-refractivity contribution < 1.29 is 9.26 Å². The third-order valence-electron chi connectivity index (χ3n) is 4.18. The first-order valence-electron chi connectivity index (χ1n) is 9.28. The predicted octanol–water partition coefficient (Wildman–Crippen LogP) is 3.82. The van der Waals surface area contributed by atoms with Gasteiger partial charge < -0.3 is 19.9 Å². The first-order valence-corrected chi connectivity index (χ1v) is 9.28. The normalized spacial score (nSPS) is 15.4. The Bertz CT molecular complexity index is 499. The quantitative estimate of drug-likeness (QED) is 0.252. The molecule has 0 aromatic carbocycles. The number of aliphatic imine (C=N–C) groups is 1. The number of hydrogen-bond donors (Lipinski definition) is 2. The SMILES string of the molecule is CCNC(=NCc1cc(C(C)C)no1)NCCCOC1CCCC1.I. The van der Waals surface area contributed by atoms with Crippen molar-refractivity contribution >= 4 is 29.9 Å².